The van der Waals surface area contributed by atoms with Crippen molar-refractivity contribution in [1.82, 2.24) is 15.1 Å². The lowest BCUT2D eigenvalue weighted by Crippen LogP contribution is -2.48. The van der Waals surface area contributed by atoms with E-state index in [2.05, 4.69) is 10.2 Å². The molecule has 3 rings (SSSR count). The normalized spacial score (nSPS) is 21.0. The molecule has 0 saturated carbocycles. The van der Waals surface area contributed by atoms with Crippen molar-refractivity contribution >= 4 is 5.91 Å². The fourth-order valence-corrected chi connectivity index (χ4v) is 2.92. The molecule has 1 aliphatic rings. The number of hydrogen-bond donors (Lipinski definition) is 0. The number of hydrogen-bond acceptors (Lipinski definition) is 5. The molecular weight excluding hydrogens is 306 g/mol. The van der Waals surface area contributed by atoms with Crippen LogP contribution in [0, 0.1) is 6.92 Å². The number of aromatic nitrogens is 2. The van der Waals surface area contributed by atoms with Crippen LogP contribution in [0.15, 0.2) is 28.7 Å². The Morgan fingerprint density at radius 2 is 1.83 bits per heavy atom. The molecule has 0 spiro atoms. The Kier molecular flexibility index (Phi) is 4.94. The van der Waals surface area contributed by atoms with E-state index >= 15 is 0 Å². The third kappa shape index (κ3) is 4.00. The molecule has 1 fully saturated rings. The maximum absolute atomic E-state index is 12.4. The minimum Gasteiger partial charge on any atom is -0.421 e. The van der Waals surface area contributed by atoms with Gasteiger partial charge in [-0.25, -0.2) is 0 Å². The minimum absolute atomic E-state index is 0.0780. The molecule has 6 heteroatoms. The topological polar surface area (TPSA) is 68.5 Å². The van der Waals surface area contributed by atoms with E-state index in [0.717, 1.165) is 5.56 Å². The molecule has 0 unspecified atom stereocenters. The molecule has 0 radical (unpaired) electrons. The highest BCUT2D eigenvalue weighted by Crippen LogP contribution is 2.19. The standard InChI is InChI=1S/C18H23N3O3/c1-12-4-6-15(7-5-12)18-20-19-16(24-18)8-9-17(22)21-10-13(2)23-14(3)11-21/h4-7,13-14H,8-11H2,1-3H3/t13-,14-/m1/s1. The molecule has 0 bridgehead atoms. The van der Waals surface area contributed by atoms with Gasteiger partial charge in [0.1, 0.15) is 0 Å². The average molecular weight is 329 g/mol. The molecule has 2 atom stereocenters. The summed E-state index contributed by atoms with van der Waals surface area (Å²) in [5, 5.41) is 8.12. The summed E-state index contributed by atoms with van der Waals surface area (Å²) < 4.78 is 11.3. The summed E-state index contributed by atoms with van der Waals surface area (Å²) >= 11 is 0. The quantitative estimate of drug-likeness (QED) is 0.862. The van der Waals surface area contributed by atoms with Crippen LogP contribution in [0.2, 0.25) is 0 Å². The third-order valence-corrected chi connectivity index (χ3v) is 4.09. The Balaban J connectivity index is 1.57. The van der Waals surface area contributed by atoms with Crippen LogP contribution in [0.1, 0.15) is 31.7 Å². The van der Waals surface area contributed by atoms with Gasteiger partial charge in [0.15, 0.2) is 0 Å². The molecule has 128 valence electrons. The molecule has 0 N–H and O–H groups in total. The highest BCUT2D eigenvalue weighted by atomic mass is 16.5. The predicted molar refractivity (Wildman–Crippen MR) is 89.4 cm³/mol. The van der Waals surface area contributed by atoms with Crippen LogP contribution in [0.25, 0.3) is 11.5 Å². The number of benzene rings is 1. The van der Waals surface area contributed by atoms with Crippen LogP contribution < -0.4 is 0 Å². The molecule has 2 heterocycles. The van der Waals surface area contributed by atoms with Gasteiger partial charge in [0.2, 0.25) is 17.7 Å². The summed E-state index contributed by atoms with van der Waals surface area (Å²) in [4.78, 5) is 14.2. The summed E-state index contributed by atoms with van der Waals surface area (Å²) in [6.45, 7) is 7.29. The van der Waals surface area contributed by atoms with E-state index < -0.39 is 0 Å². The second-order valence-corrected chi connectivity index (χ2v) is 6.42. The zero-order chi connectivity index (χ0) is 17.1. The fraction of sp³-hybridized carbons (Fsp3) is 0.500. The van der Waals surface area contributed by atoms with Crippen molar-refractivity contribution in [3.8, 4) is 11.5 Å². The van der Waals surface area contributed by atoms with Gasteiger partial charge in [-0.05, 0) is 32.9 Å². The van der Waals surface area contributed by atoms with E-state index in [1.807, 2.05) is 49.9 Å². The first-order valence-corrected chi connectivity index (χ1v) is 8.34. The number of nitrogens with zero attached hydrogens (tertiary/aromatic N) is 3. The van der Waals surface area contributed by atoms with E-state index in [-0.39, 0.29) is 18.1 Å². The van der Waals surface area contributed by atoms with Gasteiger partial charge in [-0.15, -0.1) is 10.2 Å². The average Bonchev–Trinajstić information content (AvgIpc) is 3.01. The van der Waals surface area contributed by atoms with Gasteiger partial charge >= 0.3 is 0 Å². The van der Waals surface area contributed by atoms with Crippen LogP contribution in [-0.2, 0) is 16.0 Å². The van der Waals surface area contributed by atoms with Crippen molar-refractivity contribution in [3.05, 3.63) is 35.7 Å². The Bertz CT molecular complexity index is 686. The summed E-state index contributed by atoms with van der Waals surface area (Å²) in [5.74, 6) is 1.09. The maximum atomic E-state index is 12.4. The lowest BCUT2D eigenvalue weighted by Gasteiger charge is -2.35. The van der Waals surface area contributed by atoms with Crippen LogP contribution in [0.5, 0.6) is 0 Å². The third-order valence-electron chi connectivity index (χ3n) is 4.09. The van der Waals surface area contributed by atoms with Gasteiger partial charge in [0.05, 0.1) is 12.2 Å². The molecule has 24 heavy (non-hydrogen) atoms. The van der Waals surface area contributed by atoms with Gasteiger partial charge < -0.3 is 14.1 Å². The van der Waals surface area contributed by atoms with Gasteiger partial charge in [-0.1, -0.05) is 17.7 Å². The first kappa shape index (κ1) is 16.6. The molecular formula is C18H23N3O3. The molecule has 1 aliphatic heterocycles. The summed E-state index contributed by atoms with van der Waals surface area (Å²) in [5.41, 5.74) is 2.07. The van der Waals surface area contributed by atoms with E-state index in [1.165, 1.54) is 5.56 Å². The second-order valence-electron chi connectivity index (χ2n) is 6.42. The van der Waals surface area contributed by atoms with Crippen molar-refractivity contribution in [2.24, 2.45) is 0 Å². The van der Waals surface area contributed by atoms with Gasteiger partial charge in [0.25, 0.3) is 0 Å². The largest absolute Gasteiger partial charge is 0.421 e. The Labute approximate surface area is 141 Å². The lowest BCUT2D eigenvalue weighted by atomic mass is 10.1. The van der Waals surface area contributed by atoms with Gasteiger partial charge in [0, 0.05) is 31.5 Å². The van der Waals surface area contributed by atoms with E-state index in [4.69, 9.17) is 9.15 Å². The van der Waals surface area contributed by atoms with E-state index in [9.17, 15) is 4.79 Å². The van der Waals surface area contributed by atoms with Crippen molar-refractivity contribution in [1.29, 1.82) is 0 Å². The Hall–Kier alpha value is -2.21. The summed E-state index contributed by atoms with van der Waals surface area (Å²) in [6, 6.07) is 7.91. The van der Waals surface area contributed by atoms with E-state index in [1.54, 1.807) is 0 Å². The number of rotatable bonds is 4. The second kappa shape index (κ2) is 7.13. The Morgan fingerprint density at radius 1 is 1.17 bits per heavy atom. The van der Waals surface area contributed by atoms with E-state index in [0.29, 0.717) is 37.7 Å². The highest BCUT2D eigenvalue weighted by molar-refractivity contribution is 5.76. The zero-order valence-electron chi connectivity index (χ0n) is 14.4. The molecule has 1 aromatic heterocycles. The van der Waals surface area contributed by atoms with Crippen LogP contribution in [0.4, 0.5) is 0 Å². The molecule has 2 aromatic rings. The summed E-state index contributed by atoms with van der Waals surface area (Å²) in [6.07, 6.45) is 0.982. The number of carbonyl (C=O) groups is 1. The molecule has 0 aliphatic carbocycles. The number of aryl methyl sites for hydroxylation is 2. The van der Waals surface area contributed by atoms with Crippen LogP contribution >= 0.6 is 0 Å². The number of ether oxygens (including phenoxy) is 1. The number of morpholine rings is 1. The number of amides is 1. The first-order valence-electron chi connectivity index (χ1n) is 8.34. The Morgan fingerprint density at radius 3 is 2.50 bits per heavy atom. The first-order chi connectivity index (χ1) is 11.5. The maximum Gasteiger partial charge on any atom is 0.247 e. The van der Waals surface area contributed by atoms with Gasteiger partial charge in [-0.2, -0.15) is 0 Å². The zero-order valence-corrected chi connectivity index (χ0v) is 14.4. The minimum atomic E-state index is 0.0780. The highest BCUT2D eigenvalue weighted by Gasteiger charge is 2.25. The lowest BCUT2D eigenvalue weighted by molar-refractivity contribution is -0.143. The SMILES string of the molecule is Cc1ccc(-c2nnc(CCC(=O)N3C[C@@H](C)O[C@H](C)C3)o2)cc1. The van der Waals surface area contributed by atoms with Crippen molar-refractivity contribution in [3.63, 3.8) is 0 Å². The summed E-state index contributed by atoms with van der Waals surface area (Å²) in [7, 11) is 0. The van der Waals surface area contributed by atoms with Crippen molar-refractivity contribution < 1.29 is 13.9 Å². The predicted octanol–water partition coefficient (Wildman–Crippen LogP) is 2.61. The van der Waals surface area contributed by atoms with Crippen LogP contribution in [-0.4, -0.2) is 46.3 Å². The molecule has 1 amide bonds. The van der Waals surface area contributed by atoms with Crippen molar-refractivity contribution in [2.75, 3.05) is 13.1 Å². The monoisotopic (exact) mass is 329 g/mol. The molecule has 6 nitrogen and oxygen atoms in total. The van der Waals surface area contributed by atoms with Crippen LogP contribution in [0.3, 0.4) is 0 Å². The smallest absolute Gasteiger partial charge is 0.247 e. The van der Waals surface area contributed by atoms with Gasteiger partial charge in [-0.3, -0.25) is 4.79 Å². The molecule has 1 aromatic carbocycles. The fourth-order valence-electron chi connectivity index (χ4n) is 2.92. The molecule has 1 saturated heterocycles. The number of carbonyl (C=O) groups excluding carboxylic acids is 1. The van der Waals surface area contributed by atoms with Crippen molar-refractivity contribution in [2.45, 2.75) is 45.8 Å².